The van der Waals surface area contributed by atoms with Gasteiger partial charge in [-0.2, -0.15) is 5.26 Å². The molecule has 0 aromatic heterocycles. The number of alkyl halides is 1. The van der Waals surface area contributed by atoms with E-state index >= 15 is 0 Å². The molecule has 0 saturated carbocycles. The second-order valence-corrected chi connectivity index (χ2v) is 8.60. The Morgan fingerprint density at radius 1 is 1.24 bits per heavy atom. The van der Waals surface area contributed by atoms with Gasteiger partial charge >= 0.3 is 0 Å². The van der Waals surface area contributed by atoms with Crippen LogP contribution in [-0.2, 0) is 16.3 Å². The molecule has 0 unspecified atom stereocenters. The SMILES string of the molecule is CCCC/N=C1\CCc2c(Oc3cc(F)cc(C#N)c3)ccc(S(=O)(=O)CF)c21. The lowest BCUT2D eigenvalue weighted by molar-refractivity contribution is 0.470. The highest BCUT2D eigenvalue weighted by molar-refractivity contribution is 7.91. The number of rotatable bonds is 7. The minimum absolute atomic E-state index is 0.105. The van der Waals surface area contributed by atoms with E-state index in [2.05, 4.69) is 4.99 Å². The molecule has 2 aromatic carbocycles. The van der Waals surface area contributed by atoms with Gasteiger partial charge in [0.25, 0.3) is 0 Å². The van der Waals surface area contributed by atoms with Gasteiger partial charge in [0, 0.05) is 29.4 Å². The van der Waals surface area contributed by atoms with Crippen LogP contribution in [0.1, 0.15) is 42.9 Å². The molecule has 2 aromatic rings. The third kappa shape index (κ3) is 4.46. The molecule has 5 nitrogen and oxygen atoms in total. The Kier molecular flexibility index (Phi) is 6.28. The molecule has 0 aliphatic heterocycles. The van der Waals surface area contributed by atoms with E-state index in [9.17, 15) is 17.2 Å². The molecule has 0 N–H and O–H groups in total. The summed E-state index contributed by atoms with van der Waals surface area (Å²) in [7, 11) is -4.10. The maximum absolute atomic E-state index is 13.7. The predicted molar refractivity (Wildman–Crippen MR) is 105 cm³/mol. The first-order chi connectivity index (χ1) is 13.9. The highest BCUT2D eigenvalue weighted by Gasteiger charge is 2.30. The van der Waals surface area contributed by atoms with Crippen LogP contribution in [0, 0.1) is 17.1 Å². The number of aliphatic imine (C=N–C) groups is 1. The number of benzene rings is 2. The van der Waals surface area contributed by atoms with Crippen LogP contribution in [0.5, 0.6) is 11.5 Å². The Balaban J connectivity index is 2.09. The molecule has 8 heteroatoms. The largest absolute Gasteiger partial charge is 0.457 e. The summed E-state index contributed by atoms with van der Waals surface area (Å²) in [6.45, 7) is 2.59. The highest BCUT2D eigenvalue weighted by Crippen LogP contribution is 2.38. The van der Waals surface area contributed by atoms with Gasteiger partial charge in [-0.1, -0.05) is 13.3 Å². The van der Waals surface area contributed by atoms with Gasteiger partial charge in [-0.3, -0.25) is 4.99 Å². The van der Waals surface area contributed by atoms with Crippen molar-refractivity contribution in [3.63, 3.8) is 0 Å². The summed E-state index contributed by atoms with van der Waals surface area (Å²) in [6.07, 6.45) is 2.80. The van der Waals surface area contributed by atoms with Gasteiger partial charge in [0.15, 0.2) is 6.01 Å². The molecule has 0 spiro atoms. The number of ether oxygens (including phenoxy) is 1. The highest BCUT2D eigenvalue weighted by atomic mass is 32.2. The number of unbranched alkanes of at least 4 members (excludes halogenated alkanes) is 1. The second kappa shape index (κ2) is 8.70. The summed E-state index contributed by atoms with van der Waals surface area (Å²) in [5, 5.41) is 9.01. The summed E-state index contributed by atoms with van der Waals surface area (Å²) < 4.78 is 57.3. The topological polar surface area (TPSA) is 79.5 Å². The van der Waals surface area contributed by atoms with Gasteiger partial charge in [0.2, 0.25) is 9.84 Å². The van der Waals surface area contributed by atoms with Crippen LogP contribution in [0.15, 0.2) is 40.2 Å². The van der Waals surface area contributed by atoms with E-state index in [0.717, 1.165) is 25.0 Å². The van der Waals surface area contributed by atoms with E-state index in [1.54, 1.807) is 0 Å². The molecule has 3 rings (SSSR count). The molecule has 1 aliphatic rings. The van der Waals surface area contributed by atoms with Gasteiger partial charge in [-0.05, 0) is 43.5 Å². The predicted octanol–water partition coefficient (Wildman–Crippen LogP) is 4.73. The Morgan fingerprint density at radius 2 is 2.03 bits per heavy atom. The van der Waals surface area contributed by atoms with Crippen molar-refractivity contribution in [1.29, 1.82) is 5.26 Å². The normalized spacial score (nSPS) is 14.6. The number of halogens is 2. The van der Waals surface area contributed by atoms with Gasteiger partial charge < -0.3 is 4.74 Å². The molecule has 0 atom stereocenters. The summed E-state index contributed by atoms with van der Waals surface area (Å²) in [5.74, 6) is -0.150. The minimum atomic E-state index is -4.10. The molecule has 0 saturated heterocycles. The van der Waals surface area contributed by atoms with Gasteiger partial charge in [-0.25, -0.2) is 17.2 Å². The number of sulfone groups is 1. The molecular weight excluding hydrogens is 398 g/mol. The molecule has 152 valence electrons. The van der Waals surface area contributed by atoms with Crippen molar-refractivity contribution in [3.05, 3.63) is 52.8 Å². The third-order valence-corrected chi connectivity index (χ3v) is 5.95. The van der Waals surface area contributed by atoms with Crippen molar-refractivity contribution in [2.24, 2.45) is 4.99 Å². The van der Waals surface area contributed by atoms with Gasteiger partial charge in [0.05, 0.1) is 16.5 Å². The lowest BCUT2D eigenvalue weighted by Crippen LogP contribution is -2.10. The fourth-order valence-electron chi connectivity index (χ4n) is 3.30. The van der Waals surface area contributed by atoms with Crippen LogP contribution >= 0.6 is 0 Å². The first-order valence-electron chi connectivity index (χ1n) is 9.26. The number of nitriles is 1. The van der Waals surface area contributed by atoms with Crippen molar-refractivity contribution in [2.45, 2.75) is 37.5 Å². The molecule has 29 heavy (non-hydrogen) atoms. The fourth-order valence-corrected chi connectivity index (χ4v) is 4.24. The van der Waals surface area contributed by atoms with Crippen molar-refractivity contribution >= 4 is 15.5 Å². The summed E-state index contributed by atoms with van der Waals surface area (Å²) in [6, 6.07) is 6.72. The summed E-state index contributed by atoms with van der Waals surface area (Å²) in [5.41, 5.74) is 1.70. The van der Waals surface area contributed by atoms with Crippen LogP contribution in [0.2, 0.25) is 0 Å². The summed E-state index contributed by atoms with van der Waals surface area (Å²) >= 11 is 0. The van der Waals surface area contributed by atoms with Gasteiger partial charge in [0.1, 0.15) is 17.3 Å². The van der Waals surface area contributed by atoms with Crippen molar-refractivity contribution in [2.75, 3.05) is 12.6 Å². The monoisotopic (exact) mass is 418 g/mol. The molecule has 0 radical (unpaired) electrons. The van der Waals surface area contributed by atoms with E-state index < -0.39 is 21.7 Å². The van der Waals surface area contributed by atoms with E-state index in [0.29, 0.717) is 42.0 Å². The molecule has 0 heterocycles. The maximum atomic E-state index is 13.7. The van der Waals surface area contributed by atoms with Gasteiger partial charge in [-0.15, -0.1) is 0 Å². The Morgan fingerprint density at radius 3 is 2.72 bits per heavy atom. The quantitative estimate of drug-likeness (QED) is 0.609. The molecule has 1 aliphatic carbocycles. The maximum Gasteiger partial charge on any atom is 0.208 e. The Labute approximate surface area is 168 Å². The van der Waals surface area contributed by atoms with Crippen LogP contribution in [0.4, 0.5) is 8.78 Å². The molecule has 0 fully saturated rings. The third-order valence-electron chi connectivity index (χ3n) is 4.65. The lowest BCUT2D eigenvalue weighted by atomic mass is 10.1. The number of hydrogen-bond donors (Lipinski definition) is 0. The first-order valence-corrected chi connectivity index (χ1v) is 10.9. The van der Waals surface area contributed by atoms with E-state index in [4.69, 9.17) is 10.00 Å². The molecule has 0 bridgehead atoms. The van der Waals surface area contributed by atoms with Crippen molar-refractivity contribution in [1.82, 2.24) is 0 Å². The standard InChI is InChI=1S/C21H20F2N2O3S/c1-2-3-8-25-18-5-4-17-19(6-7-20(21(17)18)29(26,27)13-22)28-16-10-14(12-24)9-15(23)11-16/h6-7,9-11H,2-5,8,13H2,1H3/b25-18+. The lowest BCUT2D eigenvalue weighted by Gasteiger charge is -2.14. The zero-order valence-corrected chi connectivity index (χ0v) is 16.7. The first kappa shape index (κ1) is 20.9. The van der Waals surface area contributed by atoms with Crippen LogP contribution < -0.4 is 4.74 Å². The zero-order valence-electron chi connectivity index (χ0n) is 15.9. The van der Waals surface area contributed by atoms with Crippen molar-refractivity contribution in [3.8, 4) is 17.6 Å². The Hall–Kier alpha value is -2.79. The summed E-state index contributed by atoms with van der Waals surface area (Å²) in [4.78, 5) is 4.42. The van der Waals surface area contributed by atoms with Crippen LogP contribution in [0.25, 0.3) is 0 Å². The number of nitrogens with zero attached hydrogens (tertiary/aromatic N) is 2. The van der Waals surface area contributed by atoms with Crippen LogP contribution in [0.3, 0.4) is 0 Å². The fraction of sp³-hybridized carbons (Fsp3) is 0.333. The average Bonchev–Trinajstić information content (AvgIpc) is 3.12. The second-order valence-electron chi connectivity index (χ2n) is 6.71. The van der Waals surface area contributed by atoms with E-state index in [1.807, 2.05) is 13.0 Å². The number of fused-ring (bicyclic) bond motifs is 1. The minimum Gasteiger partial charge on any atom is -0.457 e. The Bertz CT molecular complexity index is 1110. The zero-order chi connectivity index (χ0) is 21.0. The molecule has 0 amide bonds. The van der Waals surface area contributed by atoms with Crippen molar-refractivity contribution < 1.29 is 21.9 Å². The van der Waals surface area contributed by atoms with Crippen LogP contribution in [-0.4, -0.2) is 26.7 Å². The van der Waals surface area contributed by atoms with E-state index in [-0.39, 0.29) is 16.2 Å². The van der Waals surface area contributed by atoms with E-state index in [1.165, 1.54) is 18.2 Å². The molecular formula is C21H20F2N2O3S. The smallest absolute Gasteiger partial charge is 0.208 e. The number of hydrogen-bond acceptors (Lipinski definition) is 5. The average molecular weight is 418 g/mol.